The largest absolute Gasteiger partial charge is 0.314 e. The van der Waals surface area contributed by atoms with Crippen molar-refractivity contribution >= 4 is 0 Å². The molecule has 19 heavy (non-hydrogen) atoms. The second-order valence-corrected chi connectivity index (χ2v) is 6.67. The highest BCUT2D eigenvalue weighted by molar-refractivity contribution is 4.86. The molecule has 2 heterocycles. The SMILES string of the molecule is CCCCCCCCN1CCCC(C2CCCN2)C1. The molecular weight excluding hydrogens is 232 g/mol. The lowest BCUT2D eigenvalue weighted by Gasteiger charge is -2.35. The molecule has 0 saturated carbocycles. The zero-order valence-corrected chi connectivity index (χ0v) is 13.0. The van der Waals surface area contributed by atoms with Crippen LogP contribution in [-0.2, 0) is 0 Å². The van der Waals surface area contributed by atoms with E-state index in [0.29, 0.717) is 0 Å². The van der Waals surface area contributed by atoms with Gasteiger partial charge < -0.3 is 10.2 Å². The number of hydrogen-bond donors (Lipinski definition) is 1. The second kappa shape index (κ2) is 8.97. The molecule has 0 aromatic rings. The Kier molecular flexibility index (Phi) is 7.23. The highest BCUT2D eigenvalue weighted by atomic mass is 15.1. The van der Waals surface area contributed by atoms with Crippen molar-refractivity contribution in [2.24, 2.45) is 5.92 Å². The first-order valence-corrected chi connectivity index (χ1v) is 8.86. The average Bonchev–Trinajstić information content (AvgIpc) is 2.97. The molecule has 0 aromatic heterocycles. The molecule has 2 unspecified atom stereocenters. The van der Waals surface area contributed by atoms with Gasteiger partial charge in [0.2, 0.25) is 0 Å². The van der Waals surface area contributed by atoms with Crippen LogP contribution >= 0.6 is 0 Å². The molecule has 112 valence electrons. The summed E-state index contributed by atoms with van der Waals surface area (Å²) in [5, 5.41) is 3.71. The molecule has 2 saturated heterocycles. The van der Waals surface area contributed by atoms with Crippen LogP contribution in [0.3, 0.4) is 0 Å². The van der Waals surface area contributed by atoms with Crippen LogP contribution in [0.25, 0.3) is 0 Å². The first-order valence-electron chi connectivity index (χ1n) is 8.86. The lowest BCUT2D eigenvalue weighted by molar-refractivity contribution is 0.149. The van der Waals surface area contributed by atoms with Gasteiger partial charge in [-0.3, -0.25) is 0 Å². The van der Waals surface area contributed by atoms with Crippen molar-refractivity contribution in [1.82, 2.24) is 10.2 Å². The van der Waals surface area contributed by atoms with E-state index in [1.54, 1.807) is 0 Å². The Balaban J connectivity index is 1.56. The zero-order valence-electron chi connectivity index (χ0n) is 13.0. The molecule has 0 aliphatic carbocycles. The minimum atomic E-state index is 0.840. The first-order chi connectivity index (χ1) is 9.40. The van der Waals surface area contributed by atoms with E-state index >= 15 is 0 Å². The molecule has 2 rings (SSSR count). The van der Waals surface area contributed by atoms with Gasteiger partial charge in [-0.2, -0.15) is 0 Å². The number of likely N-dealkylation sites (tertiary alicyclic amines) is 1. The first kappa shape index (κ1) is 15.3. The summed E-state index contributed by atoms with van der Waals surface area (Å²) in [6.45, 7) is 7.64. The third-order valence-electron chi connectivity index (χ3n) is 5.04. The van der Waals surface area contributed by atoms with Crippen molar-refractivity contribution in [1.29, 1.82) is 0 Å². The van der Waals surface area contributed by atoms with E-state index in [1.165, 1.54) is 90.4 Å². The van der Waals surface area contributed by atoms with E-state index < -0.39 is 0 Å². The van der Waals surface area contributed by atoms with Gasteiger partial charge in [0.25, 0.3) is 0 Å². The van der Waals surface area contributed by atoms with E-state index in [4.69, 9.17) is 0 Å². The van der Waals surface area contributed by atoms with Gasteiger partial charge in [-0.05, 0) is 57.7 Å². The van der Waals surface area contributed by atoms with Crippen LogP contribution in [0.1, 0.15) is 71.1 Å². The van der Waals surface area contributed by atoms with Crippen LogP contribution in [0.2, 0.25) is 0 Å². The summed E-state index contributed by atoms with van der Waals surface area (Å²) >= 11 is 0. The Hall–Kier alpha value is -0.0800. The summed E-state index contributed by atoms with van der Waals surface area (Å²) in [5.74, 6) is 0.941. The predicted octanol–water partition coefficient (Wildman–Crippen LogP) is 3.81. The Labute approximate surface area is 120 Å². The van der Waals surface area contributed by atoms with E-state index in [9.17, 15) is 0 Å². The minimum absolute atomic E-state index is 0.840. The number of nitrogens with zero attached hydrogens (tertiary/aromatic N) is 1. The number of piperidine rings is 1. The highest BCUT2D eigenvalue weighted by Crippen LogP contribution is 2.24. The standard InChI is InChI=1S/C17H34N2/c1-2-3-4-5-6-7-13-19-14-9-10-16(15-19)17-11-8-12-18-17/h16-18H,2-15H2,1H3. The van der Waals surface area contributed by atoms with Gasteiger partial charge in [0, 0.05) is 12.6 Å². The minimum Gasteiger partial charge on any atom is -0.314 e. The van der Waals surface area contributed by atoms with Gasteiger partial charge >= 0.3 is 0 Å². The fourth-order valence-electron chi connectivity index (χ4n) is 3.85. The summed E-state index contributed by atoms with van der Waals surface area (Å²) in [5.41, 5.74) is 0. The fraction of sp³-hybridized carbons (Fsp3) is 1.00. The van der Waals surface area contributed by atoms with Gasteiger partial charge in [0.1, 0.15) is 0 Å². The molecule has 2 atom stereocenters. The van der Waals surface area contributed by atoms with E-state index in [2.05, 4.69) is 17.1 Å². The molecular formula is C17H34N2. The lowest BCUT2D eigenvalue weighted by atomic mass is 9.89. The van der Waals surface area contributed by atoms with E-state index in [0.717, 1.165) is 12.0 Å². The number of unbranched alkanes of at least 4 members (excludes halogenated alkanes) is 5. The third-order valence-corrected chi connectivity index (χ3v) is 5.04. The predicted molar refractivity (Wildman–Crippen MR) is 83.6 cm³/mol. The van der Waals surface area contributed by atoms with Crippen LogP contribution in [0.4, 0.5) is 0 Å². The molecule has 0 bridgehead atoms. The quantitative estimate of drug-likeness (QED) is 0.672. The van der Waals surface area contributed by atoms with Crippen molar-refractivity contribution in [3.63, 3.8) is 0 Å². The number of rotatable bonds is 8. The van der Waals surface area contributed by atoms with Crippen LogP contribution in [0.15, 0.2) is 0 Å². The van der Waals surface area contributed by atoms with Crippen molar-refractivity contribution in [3.05, 3.63) is 0 Å². The van der Waals surface area contributed by atoms with Crippen LogP contribution in [-0.4, -0.2) is 37.1 Å². The molecule has 0 aromatic carbocycles. The number of nitrogens with one attached hydrogen (secondary N) is 1. The van der Waals surface area contributed by atoms with Gasteiger partial charge in [0.15, 0.2) is 0 Å². The maximum Gasteiger partial charge on any atom is 0.0108 e. The Morgan fingerprint density at radius 3 is 2.63 bits per heavy atom. The molecule has 0 amide bonds. The second-order valence-electron chi connectivity index (χ2n) is 6.67. The maximum atomic E-state index is 3.71. The third kappa shape index (κ3) is 5.43. The molecule has 0 spiro atoms. The molecule has 2 aliphatic heterocycles. The summed E-state index contributed by atoms with van der Waals surface area (Å²) in [4.78, 5) is 2.74. The zero-order chi connectivity index (χ0) is 13.3. The molecule has 2 aliphatic rings. The maximum absolute atomic E-state index is 3.71. The van der Waals surface area contributed by atoms with Crippen molar-refractivity contribution < 1.29 is 0 Å². The molecule has 0 radical (unpaired) electrons. The molecule has 2 heteroatoms. The smallest absolute Gasteiger partial charge is 0.0108 e. The van der Waals surface area contributed by atoms with Gasteiger partial charge in [-0.15, -0.1) is 0 Å². The molecule has 2 nitrogen and oxygen atoms in total. The van der Waals surface area contributed by atoms with Crippen molar-refractivity contribution in [2.45, 2.75) is 77.2 Å². The van der Waals surface area contributed by atoms with E-state index in [-0.39, 0.29) is 0 Å². The topological polar surface area (TPSA) is 15.3 Å². The molecule has 1 N–H and O–H groups in total. The van der Waals surface area contributed by atoms with Gasteiger partial charge in [-0.1, -0.05) is 39.0 Å². The van der Waals surface area contributed by atoms with Crippen LogP contribution < -0.4 is 5.32 Å². The Bertz CT molecular complexity index is 223. The highest BCUT2D eigenvalue weighted by Gasteiger charge is 2.28. The van der Waals surface area contributed by atoms with Crippen molar-refractivity contribution in [2.75, 3.05) is 26.2 Å². The fourth-order valence-corrected chi connectivity index (χ4v) is 3.85. The summed E-state index contributed by atoms with van der Waals surface area (Å²) in [7, 11) is 0. The molecule has 2 fully saturated rings. The summed E-state index contributed by atoms with van der Waals surface area (Å²) in [6, 6.07) is 0.840. The lowest BCUT2D eigenvalue weighted by Crippen LogP contribution is -2.43. The Morgan fingerprint density at radius 2 is 1.84 bits per heavy atom. The summed E-state index contributed by atoms with van der Waals surface area (Å²) < 4.78 is 0. The van der Waals surface area contributed by atoms with Gasteiger partial charge in [-0.25, -0.2) is 0 Å². The monoisotopic (exact) mass is 266 g/mol. The van der Waals surface area contributed by atoms with Crippen LogP contribution in [0, 0.1) is 5.92 Å². The average molecular weight is 266 g/mol. The number of hydrogen-bond acceptors (Lipinski definition) is 2. The Morgan fingerprint density at radius 1 is 1.00 bits per heavy atom. The summed E-state index contributed by atoms with van der Waals surface area (Å²) in [6.07, 6.45) is 14.3. The van der Waals surface area contributed by atoms with Crippen molar-refractivity contribution in [3.8, 4) is 0 Å². The normalized spacial score (nSPS) is 28.9. The van der Waals surface area contributed by atoms with E-state index in [1.807, 2.05) is 0 Å². The van der Waals surface area contributed by atoms with Gasteiger partial charge in [0.05, 0.1) is 0 Å². The van der Waals surface area contributed by atoms with Crippen LogP contribution in [0.5, 0.6) is 0 Å².